The van der Waals surface area contributed by atoms with Gasteiger partial charge in [-0.1, -0.05) is 0 Å². The fourth-order valence-corrected chi connectivity index (χ4v) is 2.90. The Hall–Kier alpha value is -4.07. The molecule has 3 heterocycles. The summed E-state index contributed by atoms with van der Waals surface area (Å²) in [6.07, 6.45) is 5.04. The van der Waals surface area contributed by atoms with Crippen molar-refractivity contribution in [3.05, 3.63) is 35.7 Å². The third kappa shape index (κ3) is 4.75. The third-order valence-corrected chi connectivity index (χ3v) is 4.29. The van der Waals surface area contributed by atoms with Crippen molar-refractivity contribution < 1.29 is 4.39 Å². The van der Waals surface area contributed by atoms with Gasteiger partial charge in [0.25, 0.3) is 0 Å². The van der Waals surface area contributed by atoms with Crippen LogP contribution in [0.25, 0.3) is 16.9 Å². The molecule has 0 saturated carbocycles. The van der Waals surface area contributed by atoms with Crippen LogP contribution in [0.2, 0.25) is 0 Å². The molecule has 0 spiro atoms. The number of hydrazone groups is 1. The number of nitrogens with two attached hydrogens (primary N) is 2. The van der Waals surface area contributed by atoms with Crippen LogP contribution >= 0.6 is 0 Å². The van der Waals surface area contributed by atoms with E-state index in [2.05, 4.69) is 30.5 Å². The number of nitrogens with one attached hydrogen (secondary N) is 1. The summed E-state index contributed by atoms with van der Waals surface area (Å²) < 4.78 is 13.8. The lowest BCUT2D eigenvalue weighted by molar-refractivity contribution is 0.478. The van der Waals surface area contributed by atoms with Gasteiger partial charge < -0.3 is 16.9 Å². The molecule has 11 heteroatoms. The molecule has 0 aliphatic rings. The van der Waals surface area contributed by atoms with Gasteiger partial charge in [0.15, 0.2) is 11.5 Å². The average Bonchev–Trinajstić information content (AvgIpc) is 3.15. The zero-order valence-electron chi connectivity index (χ0n) is 17.2. The quantitative estimate of drug-likeness (QED) is 0.217. The van der Waals surface area contributed by atoms with Gasteiger partial charge in [0.1, 0.15) is 17.6 Å². The van der Waals surface area contributed by atoms with Gasteiger partial charge in [-0.2, -0.15) is 20.1 Å². The van der Waals surface area contributed by atoms with E-state index in [0.717, 1.165) is 0 Å². The highest BCUT2D eigenvalue weighted by molar-refractivity contribution is 6.39. The number of nitrogen functional groups attached to an aromatic ring is 1. The number of hydrogen-bond donors (Lipinski definition) is 3. The molecule has 31 heavy (non-hydrogen) atoms. The second kappa shape index (κ2) is 9.62. The van der Waals surface area contributed by atoms with Gasteiger partial charge in [-0.25, -0.2) is 9.97 Å². The molecule has 0 aliphatic carbocycles. The van der Waals surface area contributed by atoms with Crippen LogP contribution in [0, 0.1) is 11.3 Å². The molecule has 0 amide bonds. The molecule has 0 radical (unpaired) electrons. The summed E-state index contributed by atoms with van der Waals surface area (Å²) in [5, 5.41) is 21.3. The molecule has 3 aromatic heterocycles. The summed E-state index contributed by atoms with van der Waals surface area (Å²) in [7, 11) is 0. The van der Waals surface area contributed by atoms with Crippen molar-refractivity contribution in [2.24, 2.45) is 15.9 Å². The van der Waals surface area contributed by atoms with Crippen molar-refractivity contribution in [3.8, 4) is 11.9 Å². The van der Waals surface area contributed by atoms with Gasteiger partial charge in [0.05, 0.1) is 18.4 Å². The standard InChI is InChI=1S/C20H23FN10/c1-12(2)28-16-7-18(26-10-15(16)17(30-24)11-25-5-3-4-21)31-20-14(9-27-31)6-13(8-22)19(23)29-20/h6-7,9-12H,3-5,24H2,1-2H3,(H2,23,29)(H,26,28). The number of aromatic nitrogens is 4. The number of aliphatic imine (C=N–C) groups is 1. The SMILES string of the molecule is CC(C)Nc1cc(-n2ncc3cc(C#N)c(N)nc32)ncc1C(C=NCCCF)=NN. The number of fused-ring (bicyclic) bond motifs is 1. The molecule has 0 unspecified atom stereocenters. The van der Waals surface area contributed by atoms with Gasteiger partial charge in [0, 0.05) is 47.7 Å². The molecule has 0 atom stereocenters. The van der Waals surface area contributed by atoms with Gasteiger partial charge in [-0.05, 0) is 26.3 Å². The minimum atomic E-state index is -0.435. The Morgan fingerprint density at radius 2 is 2.19 bits per heavy atom. The van der Waals surface area contributed by atoms with E-state index < -0.39 is 6.67 Å². The van der Waals surface area contributed by atoms with Gasteiger partial charge in [0.2, 0.25) is 0 Å². The number of hydrogen-bond acceptors (Lipinski definition) is 9. The molecule has 0 aromatic carbocycles. The van der Waals surface area contributed by atoms with Crippen molar-refractivity contribution in [2.45, 2.75) is 26.3 Å². The van der Waals surface area contributed by atoms with E-state index in [1.54, 1.807) is 24.5 Å². The largest absolute Gasteiger partial charge is 0.383 e. The Morgan fingerprint density at radius 3 is 2.87 bits per heavy atom. The maximum Gasteiger partial charge on any atom is 0.167 e. The number of rotatable bonds is 8. The lowest BCUT2D eigenvalue weighted by Gasteiger charge is -2.15. The first-order chi connectivity index (χ1) is 15.0. The van der Waals surface area contributed by atoms with E-state index in [1.165, 1.54) is 10.9 Å². The normalized spacial score (nSPS) is 12.0. The summed E-state index contributed by atoms with van der Waals surface area (Å²) in [5.74, 6) is 6.18. The summed E-state index contributed by atoms with van der Waals surface area (Å²) in [6, 6.07) is 5.54. The lowest BCUT2D eigenvalue weighted by Crippen LogP contribution is -2.17. The number of pyridine rings is 2. The highest BCUT2D eigenvalue weighted by Gasteiger charge is 2.15. The molecule has 0 saturated heterocycles. The molecule has 160 valence electrons. The number of nitriles is 1. The van der Waals surface area contributed by atoms with Gasteiger partial charge in [-0.3, -0.25) is 9.38 Å². The Bertz CT molecular complexity index is 1170. The summed E-state index contributed by atoms with van der Waals surface area (Å²) in [5.41, 5.74) is 8.40. The van der Waals surface area contributed by atoms with Crippen LogP contribution in [0.5, 0.6) is 0 Å². The Kier molecular flexibility index (Phi) is 6.71. The van der Waals surface area contributed by atoms with Crippen LogP contribution in [0.1, 0.15) is 31.4 Å². The Morgan fingerprint density at radius 1 is 1.39 bits per heavy atom. The number of nitrogens with zero attached hydrogens (tertiary/aromatic N) is 7. The summed E-state index contributed by atoms with van der Waals surface area (Å²) in [4.78, 5) is 13.0. The van der Waals surface area contributed by atoms with E-state index in [-0.39, 0.29) is 17.4 Å². The smallest absolute Gasteiger partial charge is 0.167 e. The average molecular weight is 422 g/mol. The topological polar surface area (TPSA) is 156 Å². The maximum absolute atomic E-state index is 12.3. The van der Waals surface area contributed by atoms with Gasteiger partial charge >= 0.3 is 0 Å². The second-order valence-corrected chi connectivity index (χ2v) is 6.98. The Balaban J connectivity index is 2.06. The Labute approximate surface area is 178 Å². The van der Waals surface area contributed by atoms with Crippen LogP contribution in [0.15, 0.2) is 34.6 Å². The maximum atomic E-state index is 12.3. The second-order valence-electron chi connectivity index (χ2n) is 6.98. The zero-order chi connectivity index (χ0) is 22.4. The fourth-order valence-electron chi connectivity index (χ4n) is 2.90. The third-order valence-electron chi connectivity index (χ3n) is 4.29. The first-order valence-electron chi connectivity index (χ1n) is 9.63. The highest BCUT2D eigenvalue weighted by atomic mass is 19.1. The molecule has 3 rings (SSSR count). The van der Waals surface area contributed by atoms with E-state index in [4.69, 9.17) is 16.8 Å². The van der Waals surface area contributed by atoms with Crippen molar-refractivity contribution >= 4 is 34.5 Å². The van der Waals surface area contributed by atoms with E-state index in [9.17, 15) is 4.39 Å². The predicted octanol–water partition coefficient (Wildman–Crippen LogP) is 2.18. The summed E-state index contributed by atoms with van der Waals surface area (Å²) in [6.45, 7) is 3.89. The van der Waals surface area contributed by atoms with Crippen LogP contribution in [0.4, 0.5) is 15.9 Å². The van der Waals surface area contributed by atoms with Crippen molar-refractivity contribution in [1.82, 2.24) is 19.7 Å². The molecule has 3 aromatic rings. The van der Waals surface area contributed by atoms with Crippen molar-refractivity contribution in [3.63, 3.8) is 0 Å². The number of anilines is 2. The van der Waals surface area contributed by atoms with E-state index in [1.807, 2.05) is 19.9 Å². The van der Waals surface area contributed by atoms with Crippen LogP contribution in [0.3, 0.4) is 0 Å². The van der Waals surface area contributed by atoms with E-state index >= 15 is 0 Å². The minimum Gasteiger partial charge on any atom is -0.383 e. The van der Waals surface area contributed by atoms with Crippen LogP contribution in [-0.2, 0) is 0 Å². The molecule has 5 N–H and O–H groups in total. The van der Waals surface area contributed by atoms with Crippen molar-refractivity contribution in [2.75, 3.05) is 24.3 Å². The van der Waals surface area contributed by atoms with Crippen LogP contribution < -0.4 is 16.9 Å². The van der Waals surface area contributed by atoms with Crippen LogP contribution in [-0.4, -0.2) is 50.9 Å². The molecular formula is C20H23FN10. The van der Waals surface area contributed by atoms with E-state index in [0.29, 0.717) is 46.8 Å². The molecule has 0 fully saturated rings. The predicted molar refractivity (Wildman–Crippen MR) is 119 cm³/mol. The van der Waals surface area contributed by atoms with Crippen molar-refractivity contribution in [1.29, 1.82) is 5.26 Å². The lowest BCUT2D eigenvalue weighted by atomic mass is 10.1. The first-order valence-corrected chi connectivity index (χ1v) is 9.63. The fraction of sp³-hybridized carbons (Fsp3) is 0.300. The van der Waals surface area contributed by atoms with Gasteiger partial charge in [-0.15, -0.1) is 0 Å². The minimum absolute atomic E-state index is 0.109. The zero-order valence-corrected chi connectivity index (χ0v) is 17.2. The summed E-state index contributed by atoms with van der Waals surface area (Å²) >= 11 is 0. The monoisotopic (exact) mass is 422 g/mol. The molecule has 10 nitrogen and oxygen atoms in total. The molecular weight excluding hydrogens is 399 g/mol. The molecule has 0 aliphatic heterocycles. The number of halogens is 1. The number of alkyl halides is 1. The molecule has 0 bridgehead atoms. The first kappa shape index (κ1) is 21.6. The highest BCUT2D eigenvalue weighted by Crippen LogP contribution is 2.24.